The summed E-state index contributed by atoms with van der Waals surface area (Å²) in [6.45, 7) is 0. The SMILES string of the molecule is N#Cc1ccc(-c2cn3cc(Cl)ccc3n2)cc1. The normalized spacial score (nSPS) is 10.4. The highest BCUT2D eigenvalue weighted by Gasteiger charge is 2.04. The molecular formula is C14H8ClN3. The van der Waals surface area contributed by atoms with Crippen molar-refractivity contribution in [2.75, 3.05) is 0 Å². The number of aromatic nitrogens is 2. The standard InChI is InChI=1S/C14H8ClN3/c15-12-5-6-14-17-13(9-18(14)8-12)11-3-1-10(7-16)2-4-11/h1-6,8-9H. The number of benzene rings is 1. The van der Waals surface area contributed by atoms with Crippen LogP contribution >= 0.6 is 11.6 Å². The smallest absolute Gasteiger partial charge is 0.137 e. The molecule has 0 atom stereocenters. The number of nitrogens with zero attached hydrogens (tertiary/aromatic N) is 3. The average molecular weight is 254 g/mol. The fraction of sp³-hybridized carbons (Fsp3) is 0. The van der Waals surface area contributed by atoms with E-state index in [0.717, 1.165) is 16.9 Å². The highest BCUT2D eigenvalue weighted by atomic mass is 35.5. The molecule has 0 amide bonds. The zero-order valence-corrected chi connectivity index (χ0v) is 10.1. The van der Waals surface area contributed by atoms with Gasteiger partial charge in [-0.2, -0.15) is 5.26 Å². The Hall–Kier alpha value is -2.31. The lowest BCUT2D eigenvalue weighted by Gasteiger charge is -1.94. The Morgan fingerprint density at radius 2 is 1.83 bits per heavy atom. The molecule has 3 nitrogen and oxygen atoms in total. The van der Waals surface area contributed by atoms with Crippen LogP contribution in [0.5, 0.6) is 0 Å². The molecule has 2 aromatic heterocycles. The summed E-state index contributed by atoms with van der Waals surface area (Å²) >= 11 is 5.93. The Morgan fingerprint density at radius 1 is 1.06 bits per heavy atom. The number of fused-ring (bicyclic) bond motifs is 1. The second-order valence-corrected chi connectivity index (χ2v) is 4.36. The summed E-state index contributed by atoms with van der Waals surface area (Å²) in [5.74, 6) is 0. The molecule has 1 aromatic carbocycles. The number of halogens is 1. The van der Waals surface area contributed by atoms with Crippen molar-refractivity contribution in [3.05, 3.63) is 59.4 Å². The lowest BCUT2D eigenvalue weighted by Crippen LogP contribution is -1.79. The van der Waals surface area contributed by atoms with E-state index in [1.165, 1.54) is 0 Å². The summed E-state index contributed by atoms with van der Waals surface area (Å²) in [7, 11) is 0. The number of nitriles is 1. The maximum atomic E-state index is 8.76. The van der Waals surface area contributed by atoms with Crippen molar-refractivity contribution in [3.8, 4) is 17.3 Å². The monoisotopic (exact) mass is 253 g/mol. The van der Waals surface area contributed by atoms with Gasteiger partial charge < -0.3 is 4.40 Å². The fourth-order valence-electron chi connectivity index (χ4n) is 1.82. The minimum atomic E-state index is 0.644. The van der Waals surface area contributed by atoms with Crippen molar-refractivity contribution in [1.82, 2.24) is 9.38 Å². The Bertz CT molecular complexity index is 751. The molecule has 0 aliphatic carbocycles. The molecule has 0 fully saturated rings. The topological polar surface area (TPSA) is 41.1 Å². The Morgan fingerprint density at radius 3 is 2.56 bits per heavy atom. The predicted molar refractivity (Wildman–Crippen MR) is 70.4 cm³/mol. The van der Waals surface area contributed by atoms with Crippen LogP contribution in [0.1, 0.15) is 5.56 Å². The van der Waals surface area contributed by atoms with Crippen LogP contribution in [0.25, 0.3) is 16.9 Å². The molecule has 0 aliphatic rings. The molecule has 3 rings (SSSR count). The maximum Gasteiger partial charge on any atom is 0.137 e. The van der Waals surface area contributed by atoms with Crippen LogP contribution in [-0.4, -0.2) is 9.38 Å². The fourth-order valence-corrected chi connectivity index (χ4v) is 1.99. The minimum Gasteiger partial charge on any atom is -0.305 e. The minimum absolute atomic E-state index is 0.644. The largest absolute Gasteiger partial charge is 0.305 e. The number of pyridine rings is 1. The molecule has 2 heterocycles. The molecule has 0 radical (unpaired) electrons. The molecule has 0 aliphatic heterocycles. The second-order valence-electron chi connectivity index (χ2n) is 3.93. The Kier molecular flexibility index (Phi) is 2.51. The molecule has 0 N–H and O–H groups in total. The van der Waals surface area contributed by atoms with E-state index in [2.05, 4.69) is 11.1 Å². The predicted octanol–water partition coefficient (Wildman–Crippen LogP) is 3.53. The number of imidazole rings is 1. The van der Waals surface area contributed by atoms with Crippen LogP contribution in [0.4, 0.5) is 0 Å². The van der Waals surface area contributed by atoms with E-state index in [4.69, 9.17) is 16.9 Å². The van der Waals surface area contributed by atoms with Crippen molar-refractivity contribution >= 4 is 17.2 Å². The first-order valence-electron chi connectivity index (χ1n) is 5.41. The van der Waals surface area contributed by atoms with E-state index >= 15 is 0 Å². The zero-order chi connectivity index (χ0) is 12.5. The summed E-state index contributed by atoms with van der Waals surface area (Å²) in [4.78, 5) is 4.50. The van der Waals surface area contributed by atoms with Crippen LogP contribution in [-0.2, 0) is 0 Å². The first-order valence-corrected chi connectivity index (χ1v) is 5.79. The van der Waals surface area contributed by atoms with Gasteiger partial charge in [0.2, 0.25) is 0 Å². The van der Waals surface area contributed by atoms with Gasteiger partial charge in [0.15, 0.2) is 0 Å². The van der Waals surface area contributed by atoms with Crippen molar-refractivity contribution < 1.29 is 0 Å². The third-order valence-electron chi connectivity index (χ3n) is 2.72. The number of rotatable bonds is 1. The molecule has 0 bridgehead atoms. The van der Waals surface area contributed by atoms with Gasteiger partial charge in [0.25, 0.3) is 0 Å². The summed E-state index contributed by atoms with van der Waals surface area (Å²) in [6, 6.07) is 13.1. The van der Waals surface area contributed by atoms with E-state index < -0.39 is 0 Å². The number of hydrogen-bond donors (Lipinski definition) is 0. The summed E-state index contributed by atoms with van der Waals surface area (Å²) in [5.41, 5.74) is 3.33. The highest BCUT2D eigenvalue weighted by molar-refractivity contribution is 6.30. The van der Waals surface area contributed by atoms with Crippen molar-refractivity contribution in [3.63, 3.8) is 0 Å². The van der Waals surface area contributed by atoms with Crippen LogP contribution in [0, 0.1) is 11.3 Å². The van der Waals surface area contributed by atoms with Gasteiger partial charge in [0.05, 0.1) is 22.3 Å². The lowest BCUT2D eigenvalue weighted by molar-refractivity contribution is 1.19. The van der Waals surface area contributed by atoms with Crippen LogP contribution in [0.2, 0.25) is 5.02 Å². The van der Waals surface area contributed by atoms with Crippen LogP contribution in [0.15, 0.2) is 48.8 Å². The summed E-state index contributed by atoms with van der Waals surface area (Å²) in [5, 5.41) is 9.43. The Labute approximate surface area is 109 Å². The van der Waals surface area contributed by atoms with Gasteiger partial charge in [0, 0.05) is 18.0 Å². The quantitative estimate of drug-likeness (QED) is 0.666. The van der Waals surface area contributed by atoms with Gasteiger partial charge in [-0.1, -0.05) is 23.7 Å². The van der Waals surface area contributed by atoms with Gasteiger partial charge in [-0.25, -0.2) is 4.98 Å². The summed E-state index contributed by atoms with van der Waals surface area (Å²) in [6.07, 6.45) is 3.74. The Balaban J connectivity index is 2.10. The molecule has 18 heavy (non-hydrogen) atoms. The van der Waals surface area contributed by atoms with Crippen LogP contribution < -0.4 is 0 Å². The zero-order valence-electron chi connectivity index (χ0n) is 9.34. The highest BCUT2D eigenvalue weighted by Crippen LogP contribution is 2.20. The molecular weight excluding hydrogens is 246 g/mol. The van der Waals surface area contributed by atoms with E-state index in [1.807, 2.05) is 41.1 Å². The van der Waals surface area contributed by atoms with Gasteiger partial charge >= 0.3 is 0 Å². The van der Waals surface area contributed by atoms with E-state index in [9.17, 15) is 0 Å². The van der Waals surface area contributed by atoms with Crippen molar-refractivity contribution in [1.29, 1.82) is 5.26 Å². The lowest BCUT2D eigenvalue weighted by atomic mass is 10.1. The van der Waals surface area contributed by atoms with E-state index in [-0.39, 0.29) is 0 Å². The van der Waals surface area contributed by atoms with Crippen LogP contribution in [0.3, 0.4) is 0 Å². The average Bonchev–Trinajstić information content (AvgIpc) is 2.81. The molecule has 4 heteroatoms. The third kappa shape index (κ3) is 1.83. The second kappa shape index (κ2) is 4.17. The molecule has 86 valence electrons. The first kappa shape index (κ1) is 10.8. The maximum absolute atomic E-state index is 8.76. The van der Waals surface area contributed by atoms with Gasteiger partial charge in [-0.3, -0.25) is 0 Å². The van der Waals surface area contributed by atoms with Crippen molar-refractivity contribution in [2.24, 2.45) is 0 Å². The van der Waals surface area contributed by atoms with Crippen molar-refractivity contribution in [2.45, 2.75) is 0 Å². The van der Waals surface area contributed by atoms with Gasteiger partial charge in [-0.05, 0) is 24.3 Å². The molecule has 0 spiro atoms. The molecule has 0 saturated carbocycles. The van der Waals surface area contributed by atoms with Gasteiger partial charge in [0.1, 0.15) is 5.65 Å². The summed E-state index contributed by atoms with van der Waals surface area (Å²) < 4.78 is 1.88. The number of hydrogen-bond acceptors (Lipinski definition) is 2. The molecule has 0 unspecified atom stereocenters. The van der Waals surface area contributed by atoms with Gasteiger partial charge in [-0.15, -0.1) is 0 Å². The van der Waals surface area contributed by atoms with E-state index in [0.29, 0.717) is 10.6 Å². The first-order chi connectivity index (χ1) is 8.76. The third-order valence-corrected chi connectivity index (χ3v) is 2.95. The molecule has 3 aromatic rings. The van der Waals surface area contributed by atoms with E-state index in [1.54, 1.807) is 12.1 Å². The molecule has 0 saturated heterocycles.